The number of rotatable bonds is 5. The molecule has 2 amide bonds. The van der Waals surface area contributed by atoms with Crippen molar-refractivity contribution in [3.05, 3.63) is 83.3 Å². The molecule has 7 nitrogen and oxygen atoms in total. The van der Waals surface area contributed by atoms with Crippen LogP contribution in [-0.2, 0) is 13.0 Å². The number of benzene rings is 2. The summed E-state index contributed by atoms with van der Waals surface area (Å²) in [5.74, 6) is 0.688. The second-order valence-corrected chi connectivity index (χ2v) is 10.1. The van der Waals surface area contributed by atoms with Gasteiger partial charge in [0, 0.05) is 60.4 Å². The van der Waals surface area contributed by atoms with E-state index in [2.05, 4.69) is 37.5 Å². The van der Waals surface area contributed by atoms with Crippen LogP contribution in [0, 0.1) is 0 Å². The fraction of sp³-hybridized carbons (Fsp3) is 0.321. The van der Waals surface area contributed by atoms with E-state index >= 15 is 0 Å². The second kappa shape index (κ2) is 9.56. The second-order valence-electron chi connectivity index (χ2n) is 9.63. The maximum absolute atomic E-state index is 13.3. The molecular formula is C28H29ClN6O. The SMILES string of the molecule is CCc1ccccc1NC(=O)N1C2CCC1CN(Cc1c(-c3ccc(Cl)cc3)nc3ncccn13)C2. The highest BCUT2D eigenvalue weighted by Gasteiger charge is 2.43. The van der Waals surface area contributed by atoms with Gasteiger partial charge in [0.1, 0.15) is 0 Å². The molecule has 0 aliphatic carbocycles. The number of aromatic nitrogens is 3. The van der Waals surface area contributed by atoms with Gasteiger partial charge in [-0.15, -0.1) is 0 Å². The Balaban J connectivity index is 1.23. The van der Waals surface area contributed by atoms with Crippen molar-refractivity contribution < 1.29 is 4.79 Å². The van der Waals surface area contributed by atoms with E-state index in [1.807, 2.05) is 54.7 Å². The van der Waals surface area contributed by atoms with Crippen molar-refractivity contribution >= 4 is 29.1 Å². The van der Waals surface area contributed by atoms with Crippen molar-refractivity contribution in [2.24, 2.45) is 0 Å². The number of hydrogen-bond acceptors (Lipinski definition) is 4. The van der Waals surface area contributed by atoms with Gasteiger partial charge in [-0.05, 0) is 49.1 Å². The van der Waals surface area contributed by atoms with Crippen LogP contribution < -0.4 is 5.32 Å². The van der Waals surface area contributed by atoms with Gasteiger partial charge in [-0.1, -0.05) is 48.9 Å². The average molecular weight is 501 g/mol. The monoisotopic (exact) mass is 500 g/mol. The summed E-state index contributed by atoms with van der Waals surface area (Å²) in [6, 6.07) is 18.2. The Morgan fingerprint density at radius 3 is 2.56 bits per heavy atom. The van der Waals surface area contributed by atoms with Crippen molar-refractivity contribution in [3.8, 4) is 11.3 Å². The molecule has 2 aromatic heterocycles. The number of anilines is 1. The summed E-state index contributed by atoms with van der Waals surface area (Å²) in [4.78, 5) is 27.2. The third-order valence-corrected chi connectivity index (χ3v) is 7.68. The first-order valence-corrected chi connectivity index (χ1v) is 13.0. The Morgan fingerprint density at radius 2 is 1.81 bits per heavy atom. The lowest BCUT2D eigenvalue weighted by atomic mass is 10.1. The lowest BCUT2D eigenvalue weighted by Gasteiger charge is -2.41. The van der Waals surface area contributed by atoms with Gasteiger partial charge in [0.25, 0.3) is 0 Å². The Morgan fingerprint density at radius 1 is 1.06 bits per heavy atom. The maximum atomic E-state index is 13.3. The molecular weight excluding hydrogens is 472 g/mol. The first-order valence-electron chi connectivity index (χ1n) is 12.6. The molecule has 8 heteroatoms. The predicted octanol–water partition coefficient (Wildman–Crippen LogP) is 5.49. The highest BCUT2D eigenvalue weighted by atomic mass is 35.5. The number of aryl methyl sites for hydroxylation is 1. The number of likely N-dealkylation sites (tertiary alicyclic amines) is 1. The molecule has 36 heavy (non-hydrogen) atoms. The van der Waals surface area contributed by atoms with E-state index in [-0.39, 0.29) is 18.1 Å². The van der Waals surface area contributed by atoms with Crippen molar-refractivity contribution in [1.82, 2.24) is 24.2 Å². The van der Waals surface area contributed by atoms with Crippen LogP contribution >= 0.6 is 11.6 Å². The molecule has 0 radical (unpaired) electrons. The Kier molecular flexibility index (Phi) is 6.11. The summed E-state index contributed by atoms with van der Waals surface area (Å²) in [7, 11) is 0. The van der Waals surface area contributed by atoms with Crippen molar-refractivity contribution in [3.63, 3.8) is 0 Å². The third kappa shape index (κ3) is 4.22. The number of hydrogen-bond donors (Lipinski definition) is 1. The van der Waals surface area contributed by atoms with Crippen molar-refractivity contribution in [2.45, 2.75) is 44.8 Å². The first kappa shape index (κ1) is 23.0. The van der Waals surface area contributed by atoms with E-state index in [1.165, 1.54) is 0 Å². The maximum Gasteiger partial charge on any atom is 0.322 e. The lowest BCUT2D eigenvalue weighted by Crippen LogP contribution is -2.56. The van der Waals surface area contributed by atoms with Crippen LogP contribution in [-0.4, -0.2) is 55.4 Å². The standard InChI is InChI=1S/C28H29ClN6O/c1-2-19-6-3-4-7-24(19)31-28(36)35-22-12-13-23(35)17-33(16-22)18-25-26(20-8-10-21(29)11-9-20)32-27-30-14-5-15-34(25)27/h3-11,14-15,22-23H,2,12-13,16-18H2,1H3,(H,31,36). The summed E-state index contributed by atoms with van der Waals surface area (Å²) in [6.07, 6.45) is 6.74. The summed E-state index contributed by atoms with van der Waals surface area (Å²) in [6.45, 7) is 4.53. The number of halogens is 1. The van der Waals surface area contributed by atoms with E-state index in [1.54, 1.807) is 6.20 Å². The van der Waals surface area contributed by atoms with Gasteiger partial charge in [0.2, 0.25) is 5.78 Å². The molecule has 6 rings (SSSR count). The van der Waals surface area contributed by atoms with Gasteiger partial charge in [-0.25, -0.2) is 14.8 Å². The van der Waals surface area contributed by atoms with Crippen LogP contribution in [0.25, 0.3) is 17.0 Å². The normalized spacial score (nSPS) is 19.7. The van der Waals surface area contributed by atoms with Crippen LogP contribution in [0.4, 0.5) is 10.5 Å². The molecule has 4 heterocycles. The molecule has 2 atom stereocenters. The minimum absolute atomic E-state index is 0.0175. The Hall–Kier alpha value is -3.42. The molecule has 2 bridgehead atoms. The van der Waals surface area contributed by atoms with E-state index in [4.69, 9.17) is 16.6 Å². The summed E-state index contributed by atoms with van der Waals surface area (Å²) >= 11 is 6.14. The van der Waals surface area contributed by atoms with Gasteiger partial charge in [-0.3, -0.25) is 9.30 Å². The molecule has 1 N–H and O–H groups in total. The van der Waals surface area contributed by atoms with Crippen molar-refractivity contribution in [2.75, 3.05) is 18.4 Å². The summed E-state index contributed by atoms with van der Waals surface area (Å²) < 4.78 is 2.08. The molecule has 184 valence electrons. The number of para-hydroxylation sites is 1. The van der Waals surface area contributed by atoms with Gasteiger partial charge >= 0.3 is 6.03 Å². The van der Waals surface area contributed by atoms with Crippen LogP contribution in [0.1, 0.15) is 31.0 Å². The van der Waals surface area contributed by atoms with Crippen LogP contribution in [0.2, 0.25) is 5.02 Å². The highest BCUT2D eigenvalue weighted by Crippen LogP contribution is 2.33. The zero-order valence-corrected chi connectivity index (χ0v) is 21.0. The number of imidazole rings is 1. The molecule has 2 fully saturated rings. The lowest BCUT2D eigenvalue weighted by molar-refractivity contribution is 0.0894. The molecule has 4 aromatic rings. The first-order chi connectivity index (χ1) is 17.6. The smallest absolute Gasteiger partial charge is 0.316 e. The van der Waals surface area contributed by atoms with E-state index in [0.717, 1.165) is 67.1 Å². The molecule has 2 aromatic carbocycles. The molecule has 2 aliphatic rings. The zero-order chi connectivity index (χ0) is 24.6. The molecule has 0 spiro atoms. The number of amides is 2. The van der Waals surface area contributed by atoms with Crippen LogP contribution in [0.3, 0.4) is 0 Å². The topological polar surface area (TPSA) is 65.8 Å². The predicted molar refractivity (Wildman–Crippen MR) is 142 cm³/mol. The van der Waals surface area contributed by atoms with Crippen molar-refractivity contribution in [1.29, 1.82) is 0 Å². The Labute approximate surface area is 215 Å². The fourth-order valence-electron chi connectivity index (χ4n) is 5.72. The molecule has 2 saturated heterocycles. The number of nitrogens with zero attached hydrogens (tertiary/aromatic N) is 5. The van der Waals surface area contributed by atoms with Crippen LogP contribution in [0.5, 0.6) is 0 Å². The molecule has 2 unspecified atom stereocenters. The number of carbonyl (C=O) groups excluding carboxylic acids is 1. The summed E-state index contributed by atoms with van der Waals surface area (Å²) in [5, 5.41) is 3.89. The Bertz CT molecular complexity index is 1390. The number of carbonyl (C=O) groups is 1. The van der Waals surface area contributed by atoms with E-state index < -0.39 is 0 Å². The van der Waals surface area contributed by atoms with E-state index in [0.29, 0.717) is 10.8 Å². The minimum atomic E-state index is 0.0175. The largest absolute Gasteiger partial charge is 0.322 e. The van der Waals surface area contributed by atoms with Gasteiger partial charge in [0.15, 0.2) is 0 Å². The van der Waals surface area contributed by atoms with Gasteiger partial charge in [0.05, 0.1) is 11.4 Å². The minimum Gasteiger partial charge on any atom is -0.316 e. The quantitative estimate of drug-likeness (QED) is 0.393. The highest BCUT2D eigenvalue weighted by molar-refractivity contribution is 6.30. The molecule has 2 aliphatic heterocycles. The third-order valence-electron chi connectivity index (χ3n) is 7.43. The van der Waals surface area contributed by atoms with E-state index in [9.17, 15) is 4.79 Å². The fourth-order valence-corrected chi connectivity index (χ4v) is 5.84. The zero-order valence-electron chi connectivity index (χ0n) is 20.3. The van der Waals surface area contributed by atoms with Gasteiger partial charge in [-0.2, -0.15) is 0 Å². The number of fused-ring (bicyclic) bond motifs is 3. The number of piperazine rings is 1. The number of urea groups is 1. The average Bonchev–Trinajstić information content (AvgIpc) is 3.39. The summed E-state index contributed by atoms with van der Waals surface area (Å²) in [5.41, 5.74) is 5.13. The number of nitrogens with one attached hydrogen (secondary N) is 1. The van der Waals surface area contributed by atoms with Crippen LogP contribution in [0.15, 0.2) is 67.0 Å². The molecule has 0 saturated carbocycles. The van der Waals surface area contributed by atoms with Gasteiger partial charge < -0.3 is 10.2 Å².